The summed E-state index contributed by atoms with van der Waals surface area (Å²) in [5, 5.41) is 13.2. The van der Waals surface area contributed by atoms with Crippen LogP contribution in [0.3, 0.4) is 0 Å². The average Bonchev–Trinajstić information content (AvgIpc) is 2.91. The van der Waals surface area contributed by atoms with E-state index >= 15 is 0 Å². The lowest BCUT2D eigenvalue weighted by Crippen LogP contribution is -2.31. The highest BCUT2D eigenvalue weighted by Gasteiger charge is 2.17. The van der Waals surface area contributed by atoms with Crippen molar-refractivity contribution in [2.45, 2.75) is 32.1 Å². The van der Waals surface area contributed by atoms with E-state index in [1.54, 1.807) is 6.20 Å². The van der Waals surface area contributed by atoms with Gasteiger partial charge in [0.25, 0.3) is 0 Å². The van der Waals surface area contributed by atoms with E-state index < -0.39 is 0 Å². The van der Waals surface area contributed by atoms with E-state index in [0.717, 1.165) is 24.5 Å². The van der Waals surface area contributed by atoms with E-state index in [4.69, 9.17) is 0 Å². The van der Waals surface area contributed by atoms with Crippen molar-refractivity contribution in [1.29, 1.82) is 0 Å². The van der Waals surface area contributed by atoms with Crippen molar-refractivity contribution < 1.29 is 4.79 Å². The van der Waals surface area contributed by atoms with Crippen molar-refractivity contribution >= 4 is 5.91 Å². The van der Waals surface area contributed by atoms with Crippen LogP contribution < -0.4 is 5.32 Å². The maximum Gasteiger partial charge on any atom is 0.220 e. The molecule has 106 valence electrons. The number of aromatic amines is 1. The normalized spacial score (nSPS) is 17.5. The summed E-state index contributed by atoms with van der Waals surface area (Å²) in [6, 6.07) is 0. The maximum absolute atomic E-state index is 11.7. The summed E-state index contributed by atoms with van der Waals surface area (Å²) in [6.07, 6.45) is 6.53. The molecule has 0 aliphatic carbocycles. The van der Waals surface area contributed by atoms with Crippen LogP contribution >= 0.6 is 0 Å². The van der Waals surface area contributed by atoms with Crippen molar-refractivity contribution in [3.8, 4) is 0 Å². The summed E-state index contributed by atoms with van der Waals surface area (Å²) in [7, 11) is 2.16. The smallest absolute Gasteiger partial charge is 0.220 e. The van der Waals surface area contributed by atoms with Gasteiger partial charge in [-0.15, -0.1) is 0 Å². The van der Waals surface area contributed by atoms with E-state index in [2.05, 4.69) is 32.7 Å². The topological polar surface area (TPSA) is 73.9 Å². The van der Waals surface area contributed by atoms with Gasteiger partial charge in [-0.1, -0.05) is 0 Å². The molecule has 1 aromatic rings. The Morgan fingerprint density at radius 3 is 3.00 bits per heavy atom. The van der Waals surface area contributed by atoms with Gasteiger partial charge < -0.3 is 10.2 Å². The molecule has 2 rings (SSSR count). The lowest BCUT2D eigenvalue weighted by molar-refractivity contribution is -0.121. The number of carbonyl (C=O) groups is 1. The third-order valence-corrected chi connectivity index (χ3v) is 3.79. The highest BCUT2D eigenvalue weighted by atomic mass is 16.1. The van der Waals surface area contributed by atoms with Gasteiger partial charge in [0.1, 0.15) is 0 Å². The molecule has 1 aliphatic heterocycles. The molecule has 2 N–H and O–H groups in total. The fourth-order valence-corrected chi connectivity index (χ4v) is 2.45. The molecule has 0 saturated carbocycles. The van der Waals surface area contributed by atoms with Crippen LogP contribution in [0, 0.1) is 5.92 Å². The molecular weight excluding hydrogens is 242 g/mol. The standard InChI is InChI=1S/C13H23N5O/c1-18-8-5-11(6-9-18)2-3-13(19)14-7-4-12-10-15-17-16-12/h10-11H,2-9H2,1H3,(H,14,19)(H,15,16,17). The van der Waals surface area contributed by atoms with E-state index in [9.17, 15) is 4.79 Å². The van der Waals surface area contributed by atoms with Crippen LogP contribution in [0.2, 0.25) is 0 Å². The summed E-state index contributed by atoms with van der Waals surface area (Å²) in [4.78, 5) is 14.1. The Bertz CT molecular complexity index is 370. The Hall–Kier alpha value is -1.43. The molecule has 1 amide bonds. The molecule has 6 nitrogen and oxygen atoms in total. The van der Waals surface area contributed by atoms with Crippen molar-refractivity contribution in [1.82, 2.24) is 25.6 Å². The van der Waals surface area contributed by atoms with E-state index in [1.807, 2.05) is 0 Å². The summed E-state index contributed by atoms with van der Waals surface area (Å²) in [6.45, 7) is 2.97. The second kappa shape index (κ2) is 7.23. The second-order valence-corrected chi connectivity index (χ2v) is 5.35. The maximum atomic E-state index is 11.7. The third kappa shape index (κ3) is 4.98. The number of hydrogen-bond acceptors (Lipinski definition) is 4. The van der Waals surface area contributed by atoms with E-state index in [0.29, 0.717) is 13.0 Å². The molecule has 0 bridgehead atoms. The van der Waals surface area contributed by atoms with Crippen LogP contribution in [-0.4, -0.2) is 52.9 Å². The molecule has 0 atom stereocenters. The number of amides is 1. The monoisotopic (exact) mass is 265 g/mol. The minimum atomic E-state index is 0.155. The lowest BCUT2D eigenvalue weighted by atomic mass is 9.92. The Morgan fingerprint density at radius 1 is 1.53 bits per heavy atom. The number of piperidine rings is 1. The Balaban J connectivity index is 1.54. The predicted octanol–water partition coefficient (Wildman–Crippen LogP) is 0.585. The molecule has 1 saturated heterocycles. The first-order valence-corrected chi connectivity index (χ1v) is 7.04. The van der Waals surface area contributed by atoms with Crippen LogP contribution in [0.5, 0.6) is 0 Å². The third-order valence-electron chi connectivity index (χ3n) is 3.79. The summed E-state index contributed by atoms with van der Waals surface area (Å²) in [5.41, 5.74) is 0.885. The molecule has 6 heteroatoms. The van der Waals surface area contributed by atoms with Gasteiger partial charge in [-0.3, -0.25) is 4.79 Å². The highest BCUT2D eigenvalue weighted by Crippen LogP contribution is 2.20. The first-order chi connectivity index (χ1) is 9.24. The lowest BCUT2D eigenvalue weighted by Gasteiger charge is -2.28. The molecule has 0 spiro atoms. The van der Waals surface area contributed by atoms with Gasteiger partial charge in [-0.25, -0.2) is 0 Å². The molecule has 1 aromatic heterocycles. The highest BCUT2D eigenvalue weighted by molar-refractivity contribution is 5.75. The summed E-state index contributed by atoms with van der Waals surface area (Å²) >= 11 is 0. The molecule has 2 heterocycles. The van der Waals surface area contributed by atoms with Crippen LogP contribution in [0.4, 0.5) is 0 Å². The molecule has 19 heavy (non-hydrogen) atoms. The Kier molecular flexibility index (Phi) is 5.32. The van der Waals surface area contributed by atoms with Crippen molar-refractivity contribution in [3.05, 3.63) is 11.9 Å². The summed E-state index contributed by atoms with van der Waals surface area (Å²) in [5.74, 6) is 0.875. The number of nitrogens with one attached hydrogen (secondary N) is 2. The zero-order valence-electron chi connectivity index (χ0n) is 11.6. The number of hydrogen-bond donors (Lipinski definition) is 2. The van der Waals surface area contributed by atoms with E-state index in [1.165, 1.54) is 25.9 Å². The van der Waals surface area contributed by atoms with Gasteiger partial charge >= 0.3 is 0 Å². The molecule has 1 fully saturated rings. The molecular formula is C13H23N5O. The van der Waals surface area contributed by atoms with Crippen LogP contribution in [0.15, 0.2) is 6.20 Å². The first kappa shape index (κ1) is 14.0. The molecule has 0 radical (unpaired) electrons. The van der Waals surface area contributed by atoms with Gasteiger partial charge in [0, 0.05) is 19.4 Å². The minimum absolute atomic E-state index is 0.155. The molecule has 0 aromatic carbocycles. The number of aromatic nitrogens is 3. The number of likely N-dealkylation sites (tertiary alicyclic amines) is 1. The quantitative estimate of drug-likeness (QED) is 0.789. The Morgan fingerprint density at radius 2 is 2.32 bits per heavy atom. The van der Waals surface area contributed by atoms with Crippen LogP contribution in [0.1, 0.15) is 31.4 Å². The Labute approximate surface area is 113 Å². The summed E-state index contributed by atoms with van der Waals surface area (Å²) < 4.78 is 0. The molecule has 0 unspecified atom stereocenters. The average molecular weight is 265 g/mol. The fraction of sp³-hybridized carbons (Fsp3) is 0.769. The van der Waals surface area contributed by atoms with Crippen LogP contribution in [0.25, 0.3) is 0 Å². The molecule has 1 aliphatic rings. The number of nitrogens with zero attached hydrogens (tertiary/aromatic N) is 3. The number of H-pyrrole nitrogens is 1. The van der Waals surface area contributed by atoms with Crippen molar-refractivity contribution in [3.63, 3.8) is 0 Å². The van der Waals surface area contributed by atoms with Crippen molar-refractivity contribution in [2.24, 2.45) is 5.92 Å². The van der Waals surface area contributed by atoms with Gasteiger partial charge in [0.05, 0.1) is 11.9 Å². The zero-order valence-corrected chi connectivity index (χ0v) is 11.6. The number of rotatable bonds is 6. The largest absolute Gasteiger partial charge is 0.356 e. The number of carbonyl (C=O) groups excluding carboxylic acids is 1. The van der Waals surface area contributed by atoms with Gasteiger partial charge in [0.15, 0.2) is 0 Å². The minimum Gasteiger partial charge on any atom is -0.356 e. The SMILES string of the molecule is CN1CCC(CCC(=O)NCCc2cn[nH]n2)CC1. The zero-order chi connectivity index (χ0) is 13.5. The second-order valence-electron chi connectivity index (χ2n) is 5.35. The van der Waals surface area contributed by atoms with E-state index in [-0.39, 0.29) is 5.91 Å². The van der Waals surface area contributed by atoms with Gasteiger partial charge in [-0.05, 0) is 45.3 Å². The van der Waals surface area contributed by atoms with Gasteiger partial charge in [-0.2, -0.15) is 15.4 Å². The fourth-order valence-electron chi connectivity index (χ4n) is 2.45. The van der Waals surface area contributed by atoms with Gasteiger partial charge in [0.2, 0.25) is 5.91 Å². The predicted molar refractivity (Wildman–Crippen MR) is 72.6 cm³/mol. The van der Waals surface area contributed by atoms with Crippen molar-refractivity contribution in [2.75, 3.05) is 26.7 Å². The first-order valence-electron chi connectivity index (χ1n) is 7.04. The van der Waals surface area contributed by atoms with Crippen LogP contribution in [-0.2, 0) is 11.2 Å².